The first kappa shape index (κ1) is 15.7. The van der Waals surface area contributed by atoms with Crippen LogP contribution < -0.4 is 5.32 Å². The van der Waals surface area contributed by atoms with E-state index in [2.05, 4.69) is 5.32 Å². The molecular weight excluding hydrogens is 311 g/mol. The molecule has 2 rings (SSSR count). The van der Waals surface area contributed by atoms with Gasteiger partial charge in [0.1, 0.15) is 11.6 Å². The summed E-state index contributed by atoms with van der Waals surface area (Å²) in [6.45, 7) is 0. The highest BCUT2D eigenvalue weighted by molar-refractivity contribution is 6.37. The SMILES string of the molecule is N#C/C(=C/c1cc(Cl)c(O)c(Cl)c1)C(=O)NC1CCCC1. The lowest BCUT2D eigenvalue weighted by atomic mass is 10.1. The van der Waals surface area contributed by atoms with E-state index in [1.165, 1.54) is 18.2 Å². The van der Waals surface area contributed by atoms with E-state index in [4.69, 9.17) is 28.5 Å². The van der Waals surface area contributed by atoms with Crippen molar-refractivity contribution in [2.75, 3.05) is 0 Å². The van der Waals surface area contributed by atoms with Gasteiger partial charge in [0, 0.05) is 6.04 Å². The second kappa shape index (κ2) is 6.84. The lowest BCUT2D eigenvalue weighted by Crippen LogP contribution is -2.33. The van der Waals surface area contributed by atoms with Crippen LogP contribution in [0.4, 0.5) is 0 Å². The average molecular weight is 325 g/mol. The van der Waals surface area contributed by atoms with E-state index < -0.39 is 5.91 Å². The molecule has 1 aromatic rings. The maximum atomic E-state index is 12.1. The van der Waals surface area contributed by atoms with Gasteiger partial charge in [0.15, 0.2) is 5.75 Å². The molecule has 0 aliphatic heterocycles. The number of phenolic OH excluding ortho intramolecular Hbond substituents is 1. The third kappa shape index (κ3) is 3.90. The smallest absolute Gasteiger partial charge is 0.262 e. The second-order valence-corrected chi connectivity index (χ2v) is 5.77. The van der Waals surface area contributed by atoms with Gasteiger partial charge in [0.25, 0.3) is 5.91 Å². The van der Waals surface area contributed by atoms with Crippen LogP contribution in [0.15, 0.2) is 17.7 Å². The van der Waals surface area contributed by atoms with Crippen LogP contribution in [-0.2, 0) is 4.79 Å². The first-order valence-corrected chi connectivity index (χ1v) is 7.37. The Balaban J connectivity index is 2.20. The second-order valence-electron chi connectivity index (χ2n) is 4.96. The van der Waals surface area contributed by atoms with Crippen LogP contribution in [0.5, 0.6) is 5.75 Å². The maximum absolute atomic E-state index is 12.1. The number of benzene rings is 1. The number of halogens is 2. The Kier molecular flexibility index (Phi) is 5.11. The molecule has 1 fully saturated rings. The Morgan fingerprint density at radius 1 is 1.33 bits per heavy atom. The minimum atomic E-state index is -0.398. The van der Waals surface area contributed by atoms with Gasteiger partial charge in [-0.2, -0.15) is 5.26 Å². The van der Waals surface area contributed by atoms with Gasteiger partial charge in [-0.15, -0.1) is 0 Å². The number of phenols is 1. The molecule has 0 unspecified atom stereocenters. The number of carbonyl (C=O) groups is 1. The molecule has 21 heavy (non-hydrogen) atoms. The number of amides is 1. The number of nitrogens with one attached hydrogen (secondary N) is 1. The molecule has 1 aromatic carbocycles. The molecule has 1 amide bonds. The number of hydrogen-bond donors (Lipinski definition) is 2. The van der Waals surface area contributed by atoms with Crippen molar-refractivity contribution in [3.05, 3.63) is 33.3 Å². The monoisotopic (exact) mass is 324 g/mol. The van der Waals surface area contributed by atoms with Crippen LogP contribution in [-0.4, -0.2) is 17.1 Å². The summed E-state index contributed by atoms with van der Waals surface area (Å²) in [6.07, 6.45) is 5.49. The third-order valence-electron chi connectivity index (χ3n) is 3.41. The Hall–Kier alpha value is -1.70. The zero-order chi connectivity index (χ0) is 15.4. The molecule has 0 atom stereocenters. The molecule has 1 saturated carbocycles. The first-order valence-electron chi connectivity index (χ1n) is 6.62. The lowest BCUT2D eigenvalue weighted by Gasteiger charge is -2.11. The summed E-state index contributed by atoms with van der Waals surface area (Å²) in [5, 5.41) is 21.6. The topological polar surface area (TPSA) is 73.1 Å². The summed E-state index contributed by atoms with van der Waals surface area (Å²) in [5.41, 5.74) is 0.473. The van der Waals surface area contributed by atoms with Crippen LogP contribution in [0.2, 0.25) is 10.0 Å². The van der Waals surface area contributed by atoms with Crippen molar-refractivity contribution in [3.8, 4) is 11.8 Å². The van der Waals surface area contributed by atoms with E-state index in [0.29, 0.717) is 5.56 Å². The molecule has 0 bridgehead atoms. The summed E-state index contributed by atoms with van der Waals surface area (Å²) >= 11 is 11.6. The fourth-order valence-electron chi connectivity index (χ4n) is 2.32. The number of aromatic hydroxyl groups is 1. The molecule has 0 spiro atoms. The molecule has 0 heterocycles. The molecule has 110 valence electrons. The predicted octanol–water partition coefficient (Wildman–Crippen LogP) is 3.66. The number of nitriles is 1. The first-order chi connectivity index (χ1) is 10.0. The minimum Gasteiger partial charge on any atom is -0.505 e. The van der Waals surface area contributed by atoms with E-state index in [9.17, 15) is 9.90 Å². The zero-order valence-electron chi connectivity index (χ0n) is 11.2. The predicted molar refractivity (Wildman–Crippen MR) is 82.1 cm³/mol. The molecule has 0 saturated heterocycles. The van der Waals surface area contributed by atoms with Crippen LogP contribution in [0.25, 0.3) is 6.08 Å². The van der Waals surface area contributed by atoms with Crippen molar-refractivity contribution in [2.45, 2.75) is 31.7 Å². The number of rotatable bonds is 3. The van der Waals surface area contributed by atoms with Crippen LogP contribution in [0, 0.1) is 11.3 Å². The van der Waals surface area contributed by atoms with Crippen molar-refractivity contribution in [1.29, 1.82) is 5.26 Å². The third-order valence-corrected chi connectivity index (χ3v) is 3.98. The van der Waals surface area contributed by atoms with Crippen molar-refractivity contribution in [1.82, 2.24) is 5.32 Å². The number of nitrogens with zero attached hydrogens (tertiary/aromatic N) is 1. The standard InChI is InChI=1S/C15H14Cl2N2O2/c16-12-6-9(7-13(17)14(12)20)5-10(8-18)15(21)19-11-3-1-2-4-11/h5-7,11,20H,1-4H2,(H,19,21)/b10-5-. The highest BCUT2D eigenvalue weighted by atomic mass is 35.5. The summed E-state index contributed by atoms with van der Waals surface area (Å²) in [7, 11) is 0. The number of carbonyl (C=O) groups excluding carboxylic acids is 1. The summed E-state index contributed by atoms with van der Waals surface area (Å²) in [4.78, 5) is 12.1. The van der Waals surface area contributed by atoms with Gasteiger partial charge in [0.2, 0.25) is 0 Å². The van der Waals surface area contributed by atoms with E-state index in [1.54, 1.807) is 0 Å². The van der Waals surface area contributed by atoms with Crippen molar-refractivity contribution >= 4 is 35.2 Å². The molecule has 1 aliphatic rings. The van der Waals surface area contributed by atoms with Gasteiger partial charge in [-0.05, 0) is 36.6 Å². The average Bonchev–Trinajstić information content (AvgIpc) is 2.94. The Labute approximate surface area is 133 Å². The molecule has 6 heteroatoms. The van der Waals surface area contributed by atoms with Crippen LogP contribution in [0.3, 0.4) is 0 Å². The van der Waals surface area contributed by atoms with Gasteiger partial charge in [-0.1, -0.05) is 36.0 Å². The summed E-state index contributed by atoms with van der Waals surface area (Å²) < 4.78 is 0. The van der Waals surface area contributed by atoms with Gasteiger partial charge in [0.05, 0.1) is 10.0 Å². The van der Waals surface area contributed by atoms with Gasteiger partial charge >= 0.3 is 0 Å². The summed E-state index contributed by atoms with van der Waals surface area (Å²) in [5.74, 6) is -0.617. The molecule has 4 nitrogen and oxygen atoms in total. The minimum absolute atomic E-state index is 0.0141. The molecular formula is C15H14Cl2N2O2. The summed E-state index contributed by atoms with van der Waals surface area (Å²) in [6, 6.07) is 4.91. The van der Waals surface area contributed by atoms with Crippen LogP contribution in [0.1, 0.15) is 31.2 Å². The van der Waals surface area contributed by atoms with Crippen molar-refractivity contribution in [3.63, 3.8) is 0 Å². The van der Waals surface area contributed by atoms with E-state index in [-0.39, 0.29) is 27.4 Å². The number of hydrogen-bond acceptors (Lipinski definition) is 3. The lowest BCUT2D eigenvalue weighted by molar-refractivity contribution is -0.117. The Bertz CT molecular complexity index is 606. The van der Waals surface area contributed by atoms with Gasteiger partial charge in [-0.3, -0.25) is 4.79 Å². The largest absolute Gasteiger partial charge is 0.505 e. The molecule has 1 aliphatic carbocycles. The van der Waals surface area contributed by atoms with Gasteiger partial charge < -0.3 is 10.4 Å². The fraction of sp³-hybridized carbons (Fsp3) is 0.333. The van der Waals surface area contributed by atoms with E-state index in [0.717, 1.165) is 25.7 Å². The maximum Gasteiger partial charge on any atom is 0.262 e. The highest BCUT2D eigenvalue weighted by Gasteiger charge is 2.19. The van der Waals surface area contributed by atoms with Gasteiger partial charge in [-0.25, -0.2) is 0 Å². The Morgan fingerprint density at radius 3 is 2.43 bits per heavy atom. The Morgan fingerprint density at radius 2 is 1.90 bits per heavy atom. The highest BCUT2D eigenvalue weighted by Crippen LogP contribution is 2.33. The molecule has 0 radical (unpaired) electrons. The van der Waals surface area contributed by atoms with Crippen molar-refractivity contribution in [2.24, 2.45) is 0 Å². The normalized spacial score (nSPS) is 15.8. The quantitative estimate of drug-likeness (QED) is 0.658. The van der Waals surface area contributed by atoms with Crippen LogP contribution >= 0.6 is 23.2 Å². The fourth-order valence-corrected chi connectivity index (χ4v) is 2.82. The van der Waals surface area contributed by atoms with Crippen molar-refractivity contribution < 1.29 is 9.90 Å². The van der Waals surface area contributed by atoms with E-state index >= 15 is 0 Å². The molecule has 2 N–H and O–H groups in total. The zero-order valence-corrected chi connectivity index (χ0v) is 12.7. The molecule has 0 aromatic heterocycles. The van der Waals surface area contributed by atoms with E-state index in [1.807, 2.05) is 6.07 Å².